The molecule has 3 aromatic rings. The second-order valence-electron chi connectivity index (χ2n) is 5.48. The van der Waals surface area contributed by atoms with Gasteiger partial charge in [-0.15, -0.1) is 12.4 Å². The van der Waals surface area contributed by atoms with Crippen LogP contribution in [0.2, 0.25) is 0 Å². The maximum atomic E-state index is 4.76. The minimum absolute atomic E-state index is 0. The van der Waals surface area contributed by atoms with Crippen LogP contribution < -0.4 is 9.80 Å². The molecule has 0 N–H and O–H groups in total. The molecule has 0 aliphatic carbocycles. The number of benzene rings is 2. The first-order valence-corrected chi connectivity index (χ1v) is 7.54. The molecule has 1 aliphatic heterocycles. The molecule has 1 radical (unpaired) electrons. The zero-order valence-corrected chi connectivity index (χ0v) is 15.8. The van der Waals surface area contributed by atoms with E-state index in [-0.39, 0.29) is 20.1 Å². The van der Waals surface area contributed by atoms with Gasteiger partial charge in [-0.2, -0.15) is 30.3 Å². The van der Waals surface area contributed by atoms with Crippen LogP contribution in [0.3, 0.4) is 0 Å². The topological polar surface area (TPSA) is 32.3 Å². The molecule has 1 aromatic heterocycles. The van der Waals surface area contributed by atoms with Gasteiger partial charge in [0.05, 0.1) is 11.4 Å². The Morgan fingerprint density at radius 2 is 1.46 bits per heavy atom. The van der Waals surface area contributed by atoms with Crippen molar-refractivity contribution in [1.29, 1.82) is 0 Å². The fourth-order valence-electron chi connectivity index (χ4n) is 2.62. The minimum Gasteiger partial charge on any atom is -0.477 e. The monoisotopic (exact) mass is 493 g/mol. The van der Waals surface area contributed by atoms with Crippen molar-refractivity contribution >= 4 is 23.0 Å². The van der Waals surface area contributed by atoms with Crippen molar-refractivity contribution in [1.82, 2.24) is 9.97 Å². The number of aromatic nitrogens is 2. The minimum atomic E-state index is 0. The van der Waals surface area contributed by atoms with Gasteiger partial charge in [-0.05, 0) is 26.0 Å². The summed E-state index contributed by atoms with van der Waals surface area (Å²) in [5.74, 6) is 1.68. The van der Waals surface area contributed by atoms with Gasteiger partial charge in [0.2, 0.25) is 0 Å². The standard InChI is InChI=1S/C19H16N4.Ir/c1-14-15(2)21-19-18(20-14)22(16-9-5-3-6-10-16)13-23(19)17-11-7-4-8-12-17;/h3-11,13H,1-2H3;/q-2;. The summed E-state index contributed by atoms with van der Waals surface area (Å²) in [6.07, 6.45) is 0. The van der Waals surface area contributed by atoms with Gasteiger partial charge in [-0.1, -0.05) is 18.2 Å². The summed E-state index contributed by atoms with van der Waals surface area (Å²) in [6.45, 7) is 5.99. The SMILES string of the molecule is Cc1nc2c(nc1C)N(c1ccccc1)[CH-]N2c1[c-]cccc1.[Ir]. The van der Waals surface area contributed by atoms with Crippen molar-refractivity contribution < 1.29 is 20.1 Å². The summed E-state index contributed by atoms with van der Waals surface area (Å²) in [5.41, 5.74) is 3.89. The molecule has 123 valence electrons. The first-order chi connectivity index (χ1) is 11.2. The molecular formula is C19H16IrN4-2. The van der Waals surface area contributed by atoms with Crippen molar-refractivity contribution in [3.8, 4) is 0 Å². The van der Waals surface area contributed by atoms with Crippen molar-refractivity contribution in [3.05, 3.63) is 78.7 Å². The Labute approximate surface area is 155 Å². The summed E-state index contributed by atoms with van der Waals surface area (Å²) < 4.78 is 0. The molecule has 0 fully saturated rings. The van der Waals surface area contributed by atoms with Crippen molar-refractivity contribution in [2.75, 3.05) is 9.80 Å². The maximum absolute atomic E-state index is 4.76. The summed E-state index contributed by atoms with van der Waals surface area (Å²) in [5, 5.41) is 0. The van der Waals surface area contributed by atoms with E-state index in [0.717, 1.165) is 34.4 Å². The van der Waals surface area contributed by atoms with Gasteiger partial charge in [-0.3, -0.25) is 0 Å². The number of hydrogen-bond donors (Lipinski definition) is 0. The molecule has 0 bridgehead atoms. The second-order valence-corrected chi connectivity index (χ2v) is 5.48. The molecule has 24 heavy (non-hydrogen) atoms. The summed E-state index contributed by atoms with van der Waals surface area (Å²) >= 11 is 0. The van der Waals surface area contributed by atoms with Crippen LogP contribution in [0.1, 0.15) is 11.4 Å². The molecule has 2 heterocycles. The normalized spacial score (nSPS) is 12.8. The van der Waals surface area contributed by atoms with Crippen molar-refractivity contribution in [2.45, 2.75) is 13.8 Å². The number of nitrogens with zero attached hydrogens (tertiary/aromatic N) is 4. The third kappa shape index (κ3) is 2.81. The smallest absolute Gasteiger partial charge is 0.146 e. The molecule has 0 spiro atoms. The van der Waals surface area contributed by atoms with E-state index in [0.29, 0.717) is 0 Å². The maximum Gasteiger partial charge on any atom is 0.146 e. The third-order valence-corrected chi connectivity index (χ3v) is 3.94. The van der Waals surface area contributed by atoms with Crippen LogP contribution in [0.15, 0.2) is 54.6 Å². The van der Waals surface area contributed by atoms with Crippen LogP contribution in [-0.2, 0) is 20.1 Å². The Morgan fingerprint density at radius 3 is 2.08 bits per heavy atom. The molecule has 4 rings (SSSR count). The van der Waals surface area contributed by atoms with Gasteiger partial charge in [0.1, 0.15) is 11.6 Å². The Morgan fingerprint density at radius 1 is 0.833 bits per heavy atom. The van der Waals surface area contributed by atoms with Gasteiger partial charge in [0.15, 0.2) is 0 Å². The fraction of sp³-hybridized carbons (Fsp3) is 0.105. The number of hydrogen-bond acceptors (Lipinski definition) is 4. The van der Waals surface area contributed by atoms with E-state index in [1.54, 1.807) is 0 Å². The Balaban J connectivity index is 0.00000169. The predicted molar refractivity (Wildman–Crippen MR) is 91.8 cm³/mol. The molecule has 2 aromatic carbocycles. The molecule has 0 atom stereocenters. The van der Waals surface area contributed by atoms with E-state index < -0.39 is 0 Å². The Hall–Kier alpha value is -2.23. The average Bonchev–Trinajstić information content (AvgIpc) is 2.95. The van der Waals surface area contributed by atoms with E-state index in [2.05, 4.69) is 23.1 Å². The Kier molecular flexibility index (Phi) is 4.65. The van der Waals surface area contributed by atoms with Crippen LogP contribution >= 0.6 is 0 Å². The van der Waals surface area contributed by atoms with Gasteiger partial charge >= 0.3 is 0 Å². The molecule has 0 amide bonds. The zero-order chi connectivity index (χ0) is 15.8. The van der Waals surface area contributed by atoms with Crippen LogP contribution in [0.4, 0.5) is 23.0 Å². The number of para-hydroxylation sites is 2. The molecule has 0 unspecified atom stereocenters. The quantitative estimate of drug-likeness (QED) is 0.500. The summed E-state index contributed by atoms with van der Waals surface area (Å²) in [4.78, 5) is 13.6. The number of fused-ring (bicyclic) bond motifs is 1. The average molecular weight is 493 g/mol. The zero-order valence-electron chi connectivity index (χ0n) is 13.4. The number of anilines is 4. The molecule has 0 saturated carbocycles. The molecule has 5 heteroatoms. The molecule has 1 aliphatic rings. The van der Waals surface area contributed by atoms with Crippen LogP contribution in [0.25, 0.3) is 0 Å². The van der Waals surface area contributed by atoms with E-state index >= 15 is 0 Å². The van der Waals surface area contributed by atoms with Gasteiger partial charge in [-0.25, -0.2) is 9.97 Å². The van der Waals surface area contributed by atoms with Crippen molar-refractivity contribution in [3.63, 3.8) is 0 Å². The fourth-order valence-corrected chi connectivity index (χ4v) is 2.62. The predicted octanol–water partition coefficient (Wildman–Crippen LogP) is 4.30. The largest absolute Gasteiger partial charge is 0.477 e. The molecule has 4 nitrogen and oxygen atoms in total. The van der Waals surface area contributed by atoms with Gasteiger partial charge < -0.3 is 9.80 Å². The Bertz CT molecular complexity index is 766. The second kappa shape index (κ2) is 6.71. The number of rotatable bonds is 2. The van der Waals surface area contributed by atoms with E-state index in [4.69, 9.17) is 9.97 Å². The first kappa shape index (κ1) is 16.6. The first-order valence-electron chi connectivity index (χ1n) is 7.54. The van der Waals surface area contributed by atoms with E-state index in [9.17, 15) is 0 Å². The van der Waals surface area contributed by atoms with E-state index in [1.165, 1.54) is 0 Å². The van der Waals surface area contributed by atoms with E-state index in [1.807, 2.05) is 67.9 Å². The van der Waals surface area contributed by atoms with Gasteiger partial charge in [0.25, 0.3) is 0 Å². The van der Waals surface area contributed by atoms with Gasteiger partial charge in [0, 0.05) is 25.8 Å². The molecular weight excluding hydrogens is 476 g/mol. The number of aryl methyl sites for hydroxylation is 2. The molecule has 0 saturated heterocycles. The summed E-state index contributed by atoms with van der Waals surface area (Å²) in [7, 11) is 0. The van der Waals surface area contributed by atoms with Crippen LogP contribution in [-0.4, -0.2) is 9.97 Å². The third-order valence-electron chi connectivity index (χ3n) is 3.94. The van der Waals surface area contributed by atoms with Crippen LogP contribution in [0.5, 0.6) is 0 Å². The van der Waals surface area contributed by atoms with Crippen molar-refractivity contribution in [2.24, 2.45) is 0 Å². The summed E-state index contributed by atoms with van der Waals surface area (Å²) in [6, 6.07) is 21.3. The van der Waals surface area contributed by atoms with Crippen LogP contribution in [0, 0.1) is 26.6 Å².